The highest BCUT2D eigenvalue weighted by atomic mass is 16.5. The standard InChI is InChI=1S/C17H23N5O/c1-3-15-10-16(21-12-20-15)22-8-4-14(5-9-22)11-23-17-13(2)18-6-7-19-17/h6-7,10,12,14H,3-5,8-9,11H2,1-2H3. The van der Waals surface area contributed by atoms with Crippen molar-refractivity contribution in [1.82, 2.24) is 19.9 Å². The minimum absolute atomic E-state index is 0.556. The molecule has 1 fully saturated rings. The Morgan fingerprint density at radius 3 is 2.65 bits per heavy atom. The van der Waals surface area contributed by atoms with Crippen molar-refractivity contribution in [1.29, 1.82) is 0 Å². The Bertz CT molecular complexity index is 640. The van der Waals surface area contributed by atoms with Crippen LogP contribution in [0.3, 0.4) is 0 Å². The first-order valence-corrected chi connectivity index (χ1v) is 8.22. The van der Waals surface area contributed by atoms with Gasteiger partial charge >= 0.3 is 0 Å². The Balaban J connectivity index is 1.51. The topological polar surface area (TPSA) is 64.0 Å². The molecule has 1 saturated heterocycles. The minimum Gasteiger partial charge on any atom is -0.476 e. The second-order valence-corrected chi connectivity index (χ2v) is 5.91. The molecule has 1 aliphatic heterocycles. The SMILES string of the molecule is CCc1cc(N2CCC(COc3nccnc3C)CC2)ncn1. The zero-order valence-electron chi connectivity index (χ0n) is 13.8. The van der Waals surface area contributed by atoms with E-state index in [1.165, 1.54) is 0 Å². The van der Waals surface area contributed by atoms with Gasteiger partial charge < -0.3 is 9.64 Å². The van der Waals surface area contributed by atoms with Crippen molar-refractivity contribution in [3.63, 3.8) is 0 Å². The van der Waals surface area contributed by atoms with E-state index in [2.05, 4.69) is 37.8 Å². The van der Waals surface area contributed by atoms with Crippen LogP contribution >= 0.6 is 0 Å². The molecule has 0 amide bonds. The van der Waals surface area contributed by atoms with Crippen LogP contribution in [0.4, 0.5) is 5.82 Å². The number of ether oxygens (including phenoxy) is 1. The minimum atomic E-state index is 0.556. The molecule has 0 bridgehead atoms. The van der Waals surface area contributed by atoms with Gasteiger partial charge in [-0.3, -0.25) is 4.98 Å². The largest absolute Gasteiger partial charge is 0.476 e. The van der Waals surface area contributed by atoms with E-state index < -0.39 is 0 Å². The molecule has 122 valence electrons. The zero-order valence-corrected chi connectivity index (χ0v) is 13.8. The van der Waals surface area contributed by atoms with E-state index in [-0.39, 0.29) is 0 Å². The summed E-state index contributed by atoms with van der Waals surface area (Å²) in [5.41, 5.74) is 1.94. The molecule has 0 N–H and O–H groups in total. The van der Waals surface area contributed by atoms with E-state index >= 15 is 0 Å². The number of aromatic nitrogens is 4. The van der Waals surface area contributed by atoms with Crippen molar-refractivity contribution in [2.45, 2.75) is 33.1 Å². The molecule has 23 heavy (non-hydrogen) atoms. The van der Waals surface area contributed by atoms with Crippen LogP contribution in [0.5, 0.6) is 5.88 Å². The molecule has 0 saturated carbocycles. The predicted molar refractivity (Wildman–Crippen MR) is 88.6 cm³/mol. The van der Waals surface area contributed by atoms with Gasteiger partial charge in [-0.25, -0.2) is 15.0 Å². The number of anilines is 1. The van der Waals surface area contributed by atoms with Gasteiger partial charge in [0.05, 0.1) is 12.3 Å². The lowest BCUT2D eigenvalue weighted by molar-refractivity contribution is 0.214. The fraction of sp³-hybridized carbons (Fsp3) is 0.529. The van der Waals surface area contributed by atoms with Crippen LogP contribution in [0.25, 0.3) is 0 Å². The van der Waals surface area contributed by atoms with Crippen molar-refractivity contribution < 1.29 is 4.74 Å². The van der Waals surface area contributed by atoms with Gasteiger partial charge in [0.2, 0.25) is 5.88 Å². The highest BCUT2D eigenvalue weighted by Gasteiger charge is 2.21. The van der Waals surface area contributed by atoms with Gasteiger partial charge in [-0.1, -0.05) is 6.92 Å². The second-order valence-electron chi connectivity index (χ2n) is 5.91. The number of hydrogen-bond acceptors (Lipinski definition) is 6. The molecule has 0 unspecified atom stereocenters. The molecule has 3 heterocycles. The Labute approximate surface area is 137 Å². The first-order valence-electron chi connectivity index (χ1n) is 8.22. The van der Waals surface area contributed by atoms with Gasteiger partial charge in [-0.15, -0.1) is 0 Å². The van der Waals surface area contributed by atoms with E-state index in [4.69, 9.17) is 4.74 Å². The van der Waals surface area contributed by atoms with Crippen LogP contribution in [0, 0.1) is 12.8 Å². The number of nitrogens with zero attached hydrogens (tertiary/aromatic N) is 5. The van der Waals surface area contributed by atoms with Crippen molar-refractivity contribution >= 4 is 5.82 Å². The Hall–Kier alpha value is -2.24. The fourth-order valence-corrected chi connectivity index (χ4v) is 2.81. The molecule has 6 nitrogen and oxygen atoms in total. The van der Waals surface area contributed by atoms with E-state index in [9.17, 15) is 0 Å². The lowest BCUT2D eigenvalue weighted by Gasteiger charge is -2.32. The third-order valence-corrected chi connectivity index (χ3v) is 4.30. The van der Waals surface area contributed by atoms with Gasteiger partial charge in [0, 0.05) is 37.2 Å². The van der Waals surface area contributed by atoms with E-state index in [1.54, 1.807) is 18.7 Å². The molecule has 0 aromatic carbocycles. The van der Waals surface area contributed by atoms with Crippen LogP contribution in [-0.2, 0) is 6.42 Å². The van der Waals surface area contributed by atoms with Crippen LogP contribution in [-0.4, -0.2) is 39.6 Å². The maximum atomic E-state index is 5.84. The zero-order chi connectivity index (χ0) is 16.1. The molecule has 0 aliphatic carbocycles. The van der Waals surface area contributed by atoms with Gasteiger partial charge in [0.15, 0.2) is 0 Å². The molecule has 0 spiro atoms. The molecule has 1 aliphatic rings. The Kier molecular flexibility index (Phi) is 5.00. The highest BCUT2D eigenvalue weighted by Crippen LogP contribution is 2.23. The van der Waals surface area contributed by atoms with Gasteiger partial charge in [-0.05, 0) is 32.1 Å². The van der Waals surface area contributed by atoms with Crippen LogP contribution in [0.1, 0.15) is 31.2 Å². The summed E-state index contributed by atoms with van der Waals surface area (Å²) in [4.78, 5) is 19.4. The lowest BCUT2D eigenvalue weighted by atomic mass is 9.98. The van der Waals surface area contributed by atoms with Crippen molar-refractivity contribution in [3.8, 4) is 5.88 Å². The molecule has 2 aromatic heterocycles. The van der Waals surface area contributed by atoms with E-state index in [0.29, 0.717) is 18.4 Å². The highest BCUT2D eigenvalue weighted by molar-refractivity contribution is 5.39. The summed E-state index contributed by atoms with van der Waals surface area (Å²) in [5.74, 6) is 2.25. The average Bonchev–Trinajstić information content (AvgIpc) is 2.61. The lowest BCUT2D eigenvalue weighted by Crippen LogP contribution is -2.36. The quantitative estimate of drug-likeness (QED) is 0.845. The predicted octanol–water partition coefficient (Wildman–Crippen LogP) is 2.43. The average molecular weight is 313 g/mol. The molecule has 0 radical (unpaired) electrons. The summed E-state index contributed by atoms with van der Waals surface area (Å²) in [5, 5.41) is 0. The molecule has 3 rings (SSSR count). The first kappa shape index (κ1) is 15.6. The number of hydrogen-bond donors (Lipinski definition) is 0. The monoisotopic (exact) mass is 313 g/mol. The van der Waals surface area contributed by atoms with Crippen LogP contribution in [0.15, 0.2) is 24.8 Å². The Morgan fingerprint density at radius 2 is 1.91 bits per heavy atom. The normalized spacial score (nSPS) is 15.7. The molecular formula is C17H23N5O. The summed E-state index contributed by atoms with van der Waals surface area (Å²) in [7, 11) is 0. The van der Waals surface area contributed by atoms with Gasteiger partial charge in [-0.2, -0.15) is 0 Å². The third-order valence-electron chi connectivity index (χ3n) is 4.30. The summed E-state index contributed by atoms with van der Waals surface area (Å²) < 4.78 is 5.84. The van der Waals surface area contributed by atoms with E-state index in [1.807, 2.05) is 6.92 Å². The van der Waals surface area contributed by atoms with Crippen LogP contribution < -0.4 is 9.64 Å². The summed E-state index contributed by atoms with van der Waals surface area (Å²) >= 11 is 0. The third kappa shape index (κ3) is 3.94. The van der Waals surface area contributed by atoms with Crippen LogP contribution in [0.2, 0.25) is 0 Å². The second kappa shape index (κ2) is 7.35. The van der Waals surface area contributed by atoms with Crippen molar-refractivity contribution in [2.24, 2.45) is 5.92 Å². The summed E-state index contributed by atoms with van der Waals surface area (Å²) in [6, 6.07) is 2.10. The van der Waals surface area contributed by atoms with Gasteiger partial charge in [0.25, 0.3) is 0 Å². The van der Waals surface area contributed by atoms with Crippen molar-refractivity contribution in [3.05, 3.63) is 36.2 Å². The molecule has 2 aromatic rings. The smallest absolute Gasteiger partial charge is 0.235 e. The Morgan fingerprint density at radius 1 is 1.13 bits per heavy atom. The maximum Gasteiger partial charge on any atom is 0.235 e. The first-order chi connectivity index (χ1) is 11.3. The van der Waals surface area contributed by atoms with E-state index in [0.717, 1.165) is 49.6 Å². The molecular weight excluding hydrogens is 290 g/mol. The summed E-state index contributed by atoms with van der Waals surface area (Å²) in [6.45, 7) is 6.76. The fourth-order valence-electron chi connectivity index (χ4n) is 2.81. The van der Waals surface area contributed by atoms with Crippen molar-refractivity contribution in [2.75, 3.05) is 24.6 Å². The number of piperidine rings is 1. The summed E-state index contributed by atoms with van der Waals surface area (Å²) in [6.07, 6.45) is 8.17. The maximum absolute atomic E-state index is 5.84. The molecule has 6 heteroatoms. The number of rotatable bonds is 5. The van der Waals surface area contributed by atoms with Gasteiger partial charge in [0.1, 0.15) is 12.1 Å². The molecule has 0 atom stereocenters. The number of aryl methyl sites for hydroxylation is 2.